The number of aliphatic imine (C=N–C) groups is 1. The van der Waals surface area contributed by atoms with Crippen LogP contribution in [-0.4, -0.2) is 49.6 Å². The molecule has 1 unspecified atom stereocenters. The topological polar surface area (TPSA) is 66.0 Å². The minimum absolute atomic E-state index is 0.220. The Bertz CT molecular complexity index is 574. The average Bonchev–Trinajstić information content (AvgIpc) is 3.08. The molecule has 0 spiro atoms. The Hall–Kier alpha value is -2.24. The molecule has 1 heterocycles. The van der Waals surface area contributed by atoms with Gasteiger partial charge in [-0.1, -0.05) is 19.1 Å². The van der Waals surface area contributed by atoms with E-state index in [2.05, 4.69) is 15.6 Å². The first-order valence-electron chi connectivity index (χ1n) is 8.61. The molecule has 1 atom stereocenters. The summed E-state index contributed by atoms with van der Waals surface area (Å²) in [5, 5.41) is 6.71. The molecule has 0 saturated carbocycles. The Morgan fingerprint density at radius 1 is 1.42 bits per heavy atom. The van der Waals surface area contributed by atoms with Crippen LogP contribution >= 0.6 is 0 Å². The van der Waals surface area contributed by atoms with E-state index in [1.54, 1.807) is 7.11 Å². The zero-order valence-electron chi connectivity index (χ0n) is 14.8. The van der Waals surface area contributed by atoms with Crippen molar-refractivity contribution in [2.24, 2.45) is 4.99 Å². The van der Waals surface area contributed by atoms with Gasteiger partial charge in [0.15, 0.2) is 5.96 Å². The third-order valence-electron chi connectivity index (χ3n) is 4.08. The number of hydrogen-bond acceptors (Lipinski definition) is 3. The molecule has 0 bridgehead atoms. The quantitative estimate of drug-likeness (QED) is 0.615. The number of ether oxygens (including phenoxy) is 1. The van der Waals surface area contributed by atoms with Gasteiger partial charge in [0.1, 0.15) is 5.75 Å². The standard InChI is InChI=1S/C18H28N4O2/c1-4-17(23)22-10-9-15(13-22)21-18(19-5-2)20-12-14-7-6-8-16(11-14)24-3/h6-8,11,15H,4-5,9-10,12-13H2,1-3H3,(H2,19,20,21). The number of methoxy groups -OCH3 is 1. The average molecular weight is 332 g/mol. The minimum atomic E-state index is 0.220. The smallest absolute Gasteiger partial charge is 0.222 e. The first-order valence-corrected chi connectivity index (χ1v) is 8.61. The lowest BCUT2D eigenvalue weighted by molar-refractivity contribution is -0.129. The molecule has 1 aliphatic rings. The number of guanidine groups is 1. The maximum absolute atomic E-state index is 11.8. The fourth-order valence-corrected chi connectivity index (χ4v) is 2.78. The molecular weight excluding hydrogens is 304 g/mol. The highest BCUT2D eigenvalue weighted by Gasteiger charge is 2.25. The van der Waals surface area contributed by atoms with Gasteiger partial charge in [-0.15, -0.1) is 0 Å². The number of nitrogens with zero attached hydrogens (tertiary/aromatic N) is 2. The van der Waals surface area contributed by atoms with Crippen molar-refractivity contribution in [3.8, 4) is 5.75 Å². The van der Waals surface area contributed by atoms with Crippen LogP contribution in [0.3, 0.4) is 0 Å². The third-order valence-corrected chi connectivity index (χ3v) is 4.08. The van der Waals surface area contributed by atoms with E-state index in [1.807, 2.05) is 43.0 Å². The first-order chi connectivity index (χ1) is 11.7. The van der Waals surface area contributed by atoms with Gasteiger partial charge in [0, 0.05) is 32.1 Å². The highest BCUT2D eigenvalue weighted by atomic mass is 16.5. The molecule has 2 rings (SSSR count). The lowest BCUT2D eigenvalue weighted by atomic mass is 10.2. The van der Waals surface area contributed by atoms with E-state index < -0.39 is 0 Å². The highest BCUT2D eigenvalue weighted by Crippen LogP contribution is 2.13. The SMILES string of the molecule is CCNC(=NCc1cccc(OC)c1)NC1CCN(C(=O)CC)C1. The van der Waals surface area contributed by atoms with Crippen LogP contribution in [0.25, 0.3) is 0 Å². The van der Waals surface area contributed by atoms with Crippen LogP contribution in [0.2, 0.25) is 0 Å². The molecule has 0 aliphatic carbocycles. The van der Waals surface area contributed by atoms with Crippen LogP contribution in [0, 0.1) is 0 Å². The first kappa shape index (κ1) is 18.1. The van der Waals surface area contributed by atoms with Crippen molar-refractivity contribution in [3.05, 3.63) is 29.8 Å². The number of nitrogens with one attached hydrogen (secondary N) is 2. The van der Waals surface area contributed by atoms with Gasteiger partial charge in [-0.2, -0.15) is 0 Å². The molecule has 0 radical (unpaired) electrons. The second kappa shape index (κ2) is 9.15. The van der Waals surface area contributed by atoms with Gasteiger partial charge >= 0.3 is 0 Å². The van der Waals surface area contributed by atoms with Gasteiger partial charge in [-0.05, 0) is 31.0 Å². The number of amides is 1. The Morgan fingerprint density at radius 3 is 2.96 bits per heavy atom. The molecule has 1 fully saturated rings. The second-order valence-corrected chi connectivity index (χ2v) is 5.87. The molecule has 132 valence electrons. The van der Waals surface area contributed by atoms with Crippen molar-refractivity contribution in [2.75, 3.05) is 26.7 Å². The third kappa shape index (κ3) is 5.15. The number of carbonyl (C=O) groups excluding carboxylic acids is 1. The van der Waals surface area contributed by atoms with Crippen LogP contribution in [0.5, 0.6) is 5.75 Å². The van der Waals surface area contributed by atoms with Crippen molar-refractivity contribution in [1.82, 2.24) is 15.5 Å². The summed E-state index contributed by atoms with van der Waals surface area (Å²) < 4.78 is 5.24. The van der Waals surface area contributed by atoms with Gasteiger partial charge < -0.3 is 20.3 Å². The monoisotopic (exact) mass is 332 g/mol. The van der Waals surface area contributed by atoms with Crippen molar-refractivity contribution >= 4 is 11.9 Å². The van der Waals surface area contributed by atoms with Crippen molar-refractivity contribution in [2.45, 2.75) is 39.3 Å². The van der Waals surface area contributed by atoms with E-state index in [9.17, 15) is 4.79 Å². The summed E-state index contributed by atoms with van der Waals surface area (Å²) in [5.41, 5.74) is 1.10. The minimum Gasteiger partial charge on any atom is -0.497 e. The molecule has 0 aromatic heterocycles. The van der Waals surface area contributed by atoms with Gasteiger partial charge in [0.2, 0.25) is 5.91 Å². The van der Waals surface area contributed by atoms with Crippen LogP contribution < -0.4 is 15.4 Å². The van der Waals surface area contributed by atoms with Gasteiger partial charge in [-0.25, -0.2) is 4.99 Å². The Labute approximate surface area is 144 Å². The van der Waals surface area contributed by atoms with E-state index in [4.69, 9.17) is 4.74 Å². The number of carbonyl (C=O) groups is 1. The maximum atomic E-state index is 11.8. The van der Waals surface area contributed by atoms with E-state index in [0.29, 0.717) is 13.0 Å². The summed E-state index contributed by atoms with van der Waals surface area (Å²) in [6.07, 6.45) is 1.52. The Kier molecular flexibility index (Phi) is 6.90. The summed E-state index contributed by atoms with van der Waals surface area (Å²) in [6.45, 7) is 6.90. The fraction of sp³-hybridized carbons (Fsp3) is 0.556. The molecule has 1 aromatic carbocycles. The van der Waals surface area contributed by atoms with Gasteiger partial charge in [0.05, 0.1) is 13.7 Å². The number of likely N-dealkylation sites (tertiary alicyclic amines) is 1. The van der Waals surface area contributed by atoms with Crippen LogP contribution in [0.4, 0.5) is 0 Å². The van der Waals surface area contributed by atoms with Crippen LogP contribution in [0.15, 0.2) is 29.3 Å². The Morgan fingerprint density at radius 2 is 2.25 bits per heavy atom. The van der Waals surface area contributed by atoms with Crippen molar-refractivity contribution in [3.63, 3.8) is 0 Å². The zero-order chi connectivity index (χ0) is 17.4. The summed E-state index contributed by atoms with van der Waals surface area (Å²) in [5.74, 6) is 1.85. The number of benzene rings is 1. The van der Waals surface area contributed by atoms with Crippen molar-refractivity contribution in [1.29, 1.82) is 0 Å². The summed E-state index contributed by atoms with van der Waals surface area (Å²) in [7, 11) is 1.66. The van der Waals surface area contributed by atoms with Crippen molar-refractivity contribution < 1.29 is 9.53 Å². The molecule has 6 heteroatoms. The molecule has 1 aromatic rings. The number of rotatable bonds is 6. The molecule has 1 aliphatic heterocycles. The zero-order valence-corrected chi connectivity index (χ0v) is 14.8. The summed E-state index contributed by atoms with van der Waals surface area (Å²) >= 11 is 0. The predicted molar refractivity (Wildman–Crippen MR) is 96.2 cm³/mol. The van der Waals surface area contributed by atoms with Crippen LogP contribution in [-0.2, 0) is 11.3 Å². The summed E-state index contributed by atoms with van der Waals surface area (Å²) in [4.78, 5) is 18.4. The summed E-state index contributed by atoms with van der Waals surface area (Å²) in [6, 6.07) is 8.17. The molecule has 1 saturated heterocycles. The van der Waals surface area contributed by atoms with E-state index in [-0.39, 0.29) is 11.9 Å². The molecule has 1 amide bonds. The van der Waals surface area contributed by atoms with E-state index >= 15 is 0 Å². The lowest BCUT2D eigenvalue weighted by Crippen LogP contribution is -2.45. The Balaban J connectivity index is 1.94. The van der Waals surface area contributed by atoms with Crippen LogP contribution in [0.1, 0.15) is 32.3 Å². The van der Waals surface area contributed by atoms with E-state index in [0.717, 1.165) is 43.3 Å². The fourth-order valence-electron chi connectivity index (χ4n) is 2.78. The lowest BCUT2D eigenvalue weighted by Gasteiger charge is -2.18. The van der Waals surface area contributed by atoms with Gasteiger partial charge in [-0.3, -0.25) is 4.79 Å². The molecule has 24 heavy (non-hydrogen) atoms. The highest BCUT2D eigenvalue weighted by molar-refractivity contribution is 5.80. The number of hydrogen-bond donors (Lipinski definition) is 2. The normalized spacial score (nSPS) is 17.7. The maximum Gasteiger partial charge on any atom is 0.222 e. The predicted octanol–water partition coefficient (Wildman–Crippen LogP) is 1.76. The molecular formula is C18H28N4O2. The van der Waals surface area contributed by atoms with Gasteiger partial charge in [0.25, 0.3) is 0 Å². The largest absolute Gasteiger partial charge is 0.497 e. The molecule has 6 nitrogen and oxygen atoms in total. The molecule has 2 N–H and O–H groups in total. The second-order valence-electron chi connectivity index (χ2n) is 5.87. The van der Waals surface area contributed by atoms with E-state index in [1.165, 1.54) is 0 Å².